The summed E-state index contributed by atoms with van der Waals surface area (Å²) in [5.41, 5.74) is 2.27. The van der Waals surface area contributed by atoms with Crippen molar-refractivity contribution in [3.63, 3.8) is 0 Å². The van der Waals surface area contributed by atoms with E-state index in [9.17, 15) is 21.6 Å². The number of carbonyl (C=O) groups is 1. The molecule has 1 aromatic heterocycles. The van der Waals surface area contributed by atoms with Crippen molar-refractivity contribution in [2.75, 3.05) is 7.11 Å². The van der Waals surface area contributed by atoms with E-state index in [0.717, 1.165) is 11.1 Å². The number of ether oxygens (including phenoxy) is 1. The van der Waals surface area contributed by atoms with Crippen LogP contribution in [-0.4, -0.2) is 34.9 Å². The monoisotopic (exact) mass is 509 g/mol. The zero-order chi connectivity index (χ0) is 25.4. The van der Waals surface area contributed by atoms with Gasteiger partial charge in [0.25, 0.3) is 0 Å². The van der Waals surface area contributed by atoms with Gasteiger partial charge in [-0.05, 0) is 62.4 Å². The van der Waals surface area contributed by atoms with Crippen LogP contribution in [0.5, 0.6) is 0 Å². The molecule has 35 heavy (non-hydrogen) atoms. The highest BCUT2D eigenvalue weighted by Crippen LogP contribution is 2.30. The van der Waals surface area contributed by atoms with E-state index in [1.165, 1.54) is 55.6 Å². The molecular weight excluding hydrogens is 486 g/mol. The fourth-order valence-corrected chi connectivity index (χ4v) is 6.48. The third-order valence-electron chi connectivity index (χ3n) is 5.60. The molecule has 0 saturated heterocycles. The van der Waals surface area contributed by atoms with E-state index in [0.29, 0.717) is 10.9 Å². The molecule has 0 bridgehead atoms. The molecule has 0 amide bonds. The fraction of sp³-hybridized carbons (Fsp3) is 0.154. The molecule has 4 rings (SSSR count). The molecule has 0 saturated carbocycles. The summed E-state index contributed by atoms with van der Waals surface area (Å²) in [6.07, 6.45) is 0. The first kappa shape index (κ1) is 24.6. The van der Waals surface area contributed by atoms with Crippen LogP contribution in [0.4, 0.5) is 0 Å². The Morgan fingerprint density at radius 1 is 0.800 bits per heavy atom. The van der Waals surface area contributed by atoms with Crippen LogP contribution in [0.3, 0.4) is 0 Å². The van der Waals surface area contributed by atoms with Gasteiger partial charge in [0.1, 0.15) is 0 Å². The minimum absolute atomic E-state index is 0.0161. The molecule has 9 heteroatoms. The molecule has 0 atom stereocenters. The molecular formula is C26H23NO6S2. The number of hydrogen-bond donors (Lipinski definition) is 0. The second kappa shape index (κ2) is 9.24. The third kappa shape index (κ3) is 4.96. The van der Waals surface area contributed by atoms with Crippen molar-refractivity contribution < 1.29 is 26.4 Å². The highest BCUT2D eigenvalue weighted by atomic mass is 32.2. The summed E-state index contributed by atoms with van der Waals surface area (Å²) in [6.45, 7) is 3.68. The third-order valence-corrected chi connectivity index (χ3v) is 9.07. The van der Waals surface area contributed by atoms with Crippen LogP contribution in [0.15, 0.2) is 87.5 Å². The van der Waals surface area contributed by atoms with E-state index in [1.54, 1.807) is 24.3 Å². The number of methoxy groups -OCH3 is 1. The number of sulfone groups is 2. The van der Waals surface area contributed by atoms with E-state index in [4.69, 9.17) is 4.74 Å². The summed E-state index contributed by atoms with van der Waals surface area (Å²) in [7, 11) is -6.77. The lowest BCUT2D eigenvalue weighted by atomic mass is 10.1. The van der Waals surface area contributed by atoms with Gasteiger partial charge in [-0.15, -0.1) is 0 Å². The highest BCUT2D eigenvalue weighted by molar-refractivity contribution is 7.92. The van der Waals surface area contributed by atoms with Crippen LogP contribution in [-0.2, 0) is 30.2 Å². The standard InChI is InChI=1S/C26H23NO6S2/c1-17-4-9-21(10-5-17)34(29,30)16-24-25(35(31,32)22-11-6-18(2)7-12-22)15-20-14-19(26(28)33-3)8-13-23(20)27-24/h4-15H,16H2,1-3H3. The first-order valence-corrected chi connectivity index (χ1v) is 13.8. The first-order valence-electron chi connectivity index (χ1n) is 10.6. The van der Waals surface area contributed by atoms with Crippen molar-refractivity contribution in [2.45, 2.75) is 34.3 Å². The van der Waals surface area contributed by atoms with E-state index >= 15 is 0 Å². The van der Waals surface area contributed by atoms with Gasteiger partial charge in [0.15, 0.2) is 9.84 Å². The SMILES string of the molecule is COC(=O)c1ccc2nc(CS(=O)(=O)c3ccc(C)cc3)c(S(=O)(=O)c3ccc(C)cc3)cc2c1. The largest absolute Gasteiger partial charge is 0.465 e. The van der Waals surface area contributed by atoms with Crippen molar-refractivity contribution in [1.82, 2.24) is 4.98 Å². The fourth-order valence-electron chi connectivity index (χ4n) is 3.63. The molecule has 0 aliphatic heterocycles. The number of aryl methyl sites for hydroxylation is 2. The Morgan fingerprint density at radius 3 is 1.94 bits per heavy atom. The van der Waals surface area contributed by atoms with Gasteiger partial charge in [-0.3, -0.25) is 4.98 Å². The summed E-state index contributed by atoms with van der Waals surface area (Å²) >= 11 is 0. The molecule has 0 fully saturated rings. The Balaban J connectivity index is 1.93. The number of rotatable bonds is 6. The molecule has 0 aliphatic carbocycles. The van der Waals surface area contributed by atoms with E-state index in [2.05, 4.69) is 4.98 Å². The number of fused-ring (bicyclic) bond motifs is 1. The molecule has 4 aromatic rings. The lowest BCUT2D eigenvalue weighted by molar-refractivity contribution is 0.0601. The molecule has 3 aromatic carbocycles. The van der Waals surface area contributed by atoms with Gasteiger partial charge in [0, 0.05) is 5.39 Å². The molecule has 0 radical (unpaired) electrons. The molecule has 0 N–H and O–H groups in total. The maximum Gasteiger partial charge on any atom is 0.337 e. The van der Waals surface area contributed by atoms with Crippen molar-refractivity contribution in [2.24, 2.45) is 0 Å². The zero-order valence-electron chi connectivity index (χ0n) is 19.3. The second-order valence-corrected chi connectivity index (χ2v) is 12.1. The number of pyridine rings is 1. The summed E-state index contributed by atoms with van der Waals surface area (Å²) in [5.74, 6) is -1.19. The molecule has 0 spiro atoms. The van der Waals surface area contributed by atoms with E-state index in [1.807, 2.05) is 13.8 Å². The summed E-state index contributed by atoms with van der Waals surface area (Å²) < 4.78 is 58.4. The summed E-state index contributed by atoms with van der Waals surface area (Å²) in [6, 6.07) is 18.5. The second-order valence-electron chi connectivity index (χ2n) is 8.22. The predicted molar refractivity (Wildman–Crippen MR) is 132 cm³/mol. The highest BCUT2D eigenvalue weighted by Gasteiger charge is 2.27. The Kier molecular flexibility index (Phi) is 6.48. The van der Waals surface area contributed by atoms with Gasteiger partial charge in [0.2, 0.25) is 9.84 Å². The first-order chi connectivity index (χ1) is 16.5. The lowest BCUT2D eigenvalue weighted by Crippen LogP contribution is -2.13. The number of aromatic nitrogens is 1. The number of hydrogen-bond acceptors (Lipinski definition) is 7. The number of esters is 1. The van der Waals surface area contributed by atoms with Crippen molar-refractivity contribution in [3.8, 4) is 0 Å². The smallest absolute Gasteiger partial charge is 0.337 e. The minimum Gasteiger partial charge on any atom is -0.465 e. The normalized spacial score (nSPS) is 12.0. The molecule has 7 nitrogen and oxygen atoms in total. The number of benzene rings is 3. The van der Waals surface area contributed by atoms with Crippen molar-refractivity contribution >= 4 is 36.5 Å². The van der Waals surface area contributed by atoms with Gasteiger partial charge in [0.05, 0.1) is 44.3 Å². The van der Waals surface area contributed by atoms with Gasteiger partial charge >= 0.3 is 5.97 Å². The van der Waals surface area contributed by atoms with Crippen molar-refractivity contribution in [3.05, 3.63) is 95.2 Å². The van der Waals surface area contributed by atoms with E-state index < -0.39 is 31.4 Å². The molecule has 0 aliphatic rings. The molecule has 180 valence electrons. The van der Waals surface area contributed by atoms with Crippen LogP contribution >= 0.6 is 0 Å². The van der Waals surface area contributed by atoms with Crippen LogP contribution in [0.1, 0.15) is 27.2 Å². The zero-order valence-corrected chi connectivity index (χ0v) is 21.0. The van der Waals surface area contributed by atoms with E-state index in [-0.39, 0.29) is 25.9 Å². The Morgan fingerprint density at radius 2 is 1.37 bits per heavy atom. The Hall–Kier alpha value is -3.56. The predicted octanol–water partition coefficient (Wildman–Crippen LogP) is 4.44. The van der Waals surface area contributed by atoms with Crippen LogP contribution in [0.2, 0.25) is 0 Å². The van der Waals surface area contributed by atoms with Gasteiger partial charge < -0.3 is 4.74 Å². The minimum atomic E-state index is -4.12. The summed E-state index contributed by atoms with van der Waals surface area (Å²) in [5, 5.41) is 0.370. The Labute approximate surface area is 204 Å². The maximum absolute atomic E-state index is 13.6. The van der Waals surface area contributed by atoms with Gasteiger partial charge in [-0.25, -0.2) is 21.6 Å². The molecule has 1 heterocycles. The average molecular weight is 510 g/mol. The topological polar surface area (TPSA) is 107 Å². The Bertz CT molecular complexity index is 1640. The maximum atomic E-state index is 13.6. The summed E-state index contributed by atoms with van der Waals surface area (Å²) in [4.78, 5) is 16.3. The molecule has 0 unspecified atom stereocenters. The quantitative estimate of drug-likeness (QED) is 0.354. The van der Waals surface area contributed by atoms with Crippen LogP contribution < -0.4 is 0 Å². The van der Waals surface area contributed by atoms with Crippen molar-refractivity contribution in [1.29, 1.82) is 0 Å². The number of carbonyl (C=O) groups excluding carboxylic acids is 1. The van der Waals surface area contributed by atoms with Crippen LogP contribution in [0, 0.1) is 13.8 Å². The lowest BCUT2D eigenvalue weighted by Gasteiger charge is -2.13. The van der Waals surface area contributed by atoms with Gasteiger partial charge in [-0.1, -0.05) is 35.4 Å². The average Bonchev–Trinajstić information content (AvgIpc) is 2.83. The van der Waals surface area contributed by atoms with Gasteiger partial charge in [-0.2, -0.15) is 0 Å². The number of nitrogens with zero attached hydrogens (tertiary/aromatic N) is 1. The van der Waals surface area contributed by atoms with Crippen LogP contribution in [0.25, 0.3) is 10.9 Å².